The molecule has 0 spiro atoms. The number of aliphatic hydroxyl groups excluding tert-OH is 1. The smallest absolute Gasteiger partial charge is 0.225 e. The van der Waals surface area contributed by atoms with Gasteiger partial charge in [-0.1, -0.05) is 23.7 Å². The molecular weight excluding hydrogens is 242 g/mol. The molecule has 17 heavy (non-hydrogen) atoms. The van der Waals surface area contributed by atoms with E-state index in [4.69, 9.17) is 27.2 Å². The first-order chi connectivity index (χ1) is 8.17. The van der Waals surface area contributed by atoms with Crippen molar-refractivity contribution in [2.45, 2.75) is 6.61 Å². The minimum absolute atomic E-state index is 0.0470. The Morgan fingerprint density at radius 2 is 2.12 bits per heavy atom. The second-order valence-electron chi connectivity index (χ2n) is 3.29. The summed E-state index contributed by atoms with van der Waals surface area (Å²) in [6.07, 6.45) is 0. The van der Waals surface area contributed by atoms with Crippen molar-refractivity contribution in [2.24, 2.45) is 0 Å². The molecule has 0 atom stereocenters. The highest BCUT2D eigenvalue weighted by molar-refractivity contribution is 6.29. The first-order valence-corrected chi connectivity index (χ1v) is 5.23. The number of hydrogen-bond donors (Lipinski definition) is 2. The second kappa shape index (κ2) is 4.99. The molecule has 0 unspecified atom stereocenters. The topological polar surface area (TPSA) is 81.3 Å². The highest BCUT2D eigenvalue weighted by Gasteiger charge is 2.03. The third kappa shape index (κ3) is 3.05. The number of halogens is 1. The largest absolute Gasteiger partial charge is 0.439 e. The quantitative estimate of drug-likeness (QED) is 0.816. The Bertz CT molecular complexity index is 514. The number of ether oxygens (including phenoxy) is 1. The average molecular weight is 252 g/mol. The number of anilines is 1. The van der Waals surface area contributed by atoms with Crippen molar-refractivity contribution in [3.63, 3.8) is 0 Å². The molecule has 1 heterocycles. The number of benzene rings is 1. The van der Waals surface area contributed by atoms with Gasteiger partial charge in [0.1, 0.15) is 10.9 Å². The summed E-state index contributed by atoms with van der Waals surface area (Å²) in [5.41, 5.74) is 6.19. The van der Waals surface area contributed by atoms with Crippen molar-refractivity contribution >= 4 is 17.5 Å². The summed E-state index contributed by atoms with van der Waals surface area (Å²) in [4.78, 5) is 7.60. The van der Waals surface area contributed by atoms with E-state index in [-0.39, 0.29) is 23.6 Å². The maximum Gasteiger partial charge on any atom is 0.225 e. The van der Waals surface area contributed by atoms with Crippen LogP contribution in [-0.2, 0) is 6.61 Å². The van der Waals surface area contributed by atoms with Gasteiger partial charge in [-0.2, -0.15) is 4.98 Å². The molecule has 5 nitrogen and oxygen atoms in total. The number of rotatable bonds is 3. The van der Waals surface area contributed by atoms with E-state index < -0.39 is 0 Å². The first-order valence-electron chi connectivity index (χ1n) is 4.85. The molecule has 1 aromatic carbocycles. The van der Waals surface area contributed by atoms with E-state index in [1.165, 1.54) is 6.07 Å². The van der Waals surface area contributed by atoms with Crippen LogP contribution >= 0.6 is 11.6 Å². The van der Waals surface area contributed by atoms with Crippen LogP contribution < -0.4 is 10.5 Å². The summed E-state index contributed by atoms with van der Waals surface area (Å²) < 4.78 is 5.46. The molecule has 0 bridgehead atoms. The van der Waals surface area contributed by atoms with Crippen LogP contribution in [-0.4, -0.2) is 15.1 Å². The van der Waals surface area contributed by atoms with Crippen LogP contribution in [0.2, 0.25) is 5.15 Å². The van der Waals surface area contributed by atoms with Crippen LogP contribution in [0.1, 0.15) is 5.56 Å². The van der Waals surface area contributed by atoms with Gasteiger partial charge in [0, 0.05) is 6.07 Å². The van der Waals surface area contributed by atoms with Gasteiger partial charge in [0.05, 0.1) is 6.61 Å². The van der Waals surface area contributed by atoms with Gasteiger partial charge in [-0.05, 0) is 17.7 Å². The zero-order valence-corrected chi connectivity index (χ0v) is 9.55. The zero-order valence-electron chi connectivity index (χ0n) is 8.80. The molecule has 0 saturated heterocycles. The van der Waals surface area contributed by atoms with Crippen LogP contribution in [0.5, 0.6) is 11.6 Å². The molecule has 0 aliphatic carbocycles. The average Bonchev–Trinajstić information content (AvgIpc) is 2.28. The Hall–Kier alpha value is -1.85. The van der Waals surface area contributed by atoms with Gasteiger partial charge >= 0.3 is 0 Å². The molecule has 0 radical (unpaired) electrons. The molecule has 0 saturated carbocycles. The van der Waals surface area contributed by atoms with E-state index in [0.717, 1.165) is 5.56 Å². The molecule has 2 rings (SSSR count). The predicted octanol–water partition coefficient (Wildman–Crippen LogP) is 2.00. The first kappa shape index (κ1) is 11.6. The van der Waals surface area contributed by atoms with E-state index in [9.17, 15) is 0 Å². The molecule has 0 amide bonds. The number of aliphatic hydroxyl groups is 1. The highest BCUT2D eigenvalue weighted by atomic mass is 35.5. The lowest BCUT2D eigenvalue weighted by Gasteiger charge is -2.06. The second-order valence-corrected chi connectivity index (χ2v) is 3.68. The molecule has 0 aliphatic rings. The minimum atomic E-state index is -0.0517. The van der Waals surface area contributed by atoms with Gasteiger partial charge in [-0.3, -0.25) is 0 Å². The Morgan fingerprint density at radius 1 is 1.29 bits per heavy atom. The maximum atomic E-state index is 8.99. The summed E-state index contributed by atoms with van der Waals surface area (Å²) in [6.45, 7) is -0.0517. The lowest BCUT2D eigenvalue weighted by Crippen LogP contribution is -1.97. The van der Waals surface area contributed by atoms with Crippen LogP contribution in [0.3, 0.4) is 0 Å². The number of nitrogens with zero attached hydrogens (tertiary/aromatic N) is 2. The van der Waals surface area contributed by atoms with Crippen molar-refractivity contribution in [3.05, 3.63) is 41.0 Å². The van der Waals surface area contributed by atoms with Crippen LogP contribution in [0, 0.1) is 0 Å². The van der Waals surface area contributed by atoms with E-state index >= 15 is 0 Å². The fourth-order valence-corrected chi connectivity index (χ4v) is 1.47. The van der Waals surface area contributed by atoms with Crippen LogP contribution in [0.15, 0.2) is 30.3 Å². The lowest BCUT2D eigenvalue weighted by molar-refractivity contribution is 0.281. The fourth-order valence-electron chi connectivity index (χ4n) is 1.29. The summed E-state index contributed by atoms with van der Waals surface area (Å²) in [5, 5.41) is 9.21. The third-order valence-corrected chi connectivity index (χ3v) is 2.19. The maximum absolute atomic E-state index is 8.99. The Balaban J connectivity index is 2.24. The number of nitrogen functional groups attached to an aromatic ring is 1. The zero-order chi connectivity index (χ0) is 12.3. The SMILES string of the molecule is Nc1nc(Cl)cc(Oc2cccc(CO)c2)n1. The van der Waals surface area contributed by atoms with Crippen molar-refractivity contribution in [1.29, 1.82) is 0 Å². The van der Waals surface area contributed by atoms with E-state index in [0.29, 0.717) is 5.75 Å². The monoisotopic (exact) mass is 251 g/mol. The van der Waals surface area contributed by atoms with Gasteiger partial charge in [-0.15, -0.1) is 0 Å². The standard InChI is InChI=1S/C11H10ClN3O2/c12-9-5-10(15-11(13)14-9)17-8-3-1-2-7(4-8)6-16/h1-5,16H,6H2,(H2,13,14,15). The normalized spacial score (nSPS) is 10.2. The molecule has 1 aromatic heterocycles. The number of aromatic nitrogens is 2. The van der Waals surface area contributed by atoms with Gasteiger partial charge in [0.15, 0.2) is 0 Å². The Kier molecular flexibility index (Phi) is 3.41. The van der Waals surface area contributed by atoms with Crippen LogP contribution in [0.25, 0.3) is 0 Å². The van der Waals surface area contributed by atoms with Crippen LogP contribution in [0.4, 0.5) is 5.95 Å². The number of nitrogens with two attached hydrogens (primary N) is 1. The Labute approximate surface area is 103 Å². The summed E-state index contributed by atoms with van der Waals surface area (Å²) in [6, 6.07) is 8.46. The molecule has 88 valence electrons. The van der Waals surface area contributed by atoms with Gasteiger partial charge in [0.2, 0.25) is 11.8 Å². The van der Waals surface area contributed by atoms with Crippen molar-refractivity contribution in [3.8, 4) is 11.6 Å². The highest BCUT2D eigenvalue weighted by Crippen LogP contribution is 2.23. The van der Waals surface area contributed by atoms with E-state index in [2.05, 4.69) is 9.97 Å². The molecule has 3 N–H and O–H groups in total. The molecule has 6 heteroatoms. The van der Waals surface area contributed by atoms with Gasteiger partial charge < -0.3 is 15.6 Å². The minimum Gasteiger partial charge on any atom is -0.439 e. The molecule has 0 fully saturated rings. The fraction of sp³-hybridized carbons (Fsp3) is 0.0909. The number of hydrogen-bond acceptors (Lipinski definition) is 5. The summed E-state index contributed by atoms with van der Waals surface area (Å²) >= 11 is 5.72. The predicted molar refractivity (Wildman–Crippen MR) is 63.9 cm³/mol. The molecular formula is C11H10ClN3O2. The summed E-state index contributed by atoms with van der Waals surface area (Å²) in [5.74, 6) is 0.856. The van der Waals surface area contributed by atoms with Gasteiger partial charge in [0.25, 0.3) is 0 Å². The van der Waals surface area contributed by atoms with Gasteiger partial charge in [-0.25, -0.2) is 4.98 Å². The third-order valence-electron chi connectivity index (χ3n) is 1.99. The lowest BCUT2D eigenvalue weighted by atomic mass is 10.2. The Morgan fingerprint density at radius 3 is 2.82 bits per heavy atom. The van der Waals surface area contributed by atoms with Crippen molar-refractivity contribution in [1.82, 2.24) is 9.97 Å². The van der Waals surface area contributed by atoms with E-state index in [1.807, 2.05) is 0 Å². The van der Waals surface area contributed by atoms with E-state index in [1.54, 1.807) is 24.3 Å². The van der Waals surface area contributed by atoms with Crippen molar-refractivity contribution < 1.29 is 9.84 Å². The molecule has 2 aromatic rings. The summed E-state index contributed by atoms with van der Waals surface area (Å²) in [7, 11) is 0. The molecule has 0 aliphatic heterocycles. The van der Waals surface area contributed by atoms with Crippen molar-refractivity contribution in [2.75, 3.05) is 5.73 Å².